The Kier molecular flexibility index (Phi) is 6.18. The van der Waals surface area contributed by atoms with Gasteiger partial charge in [-0.15, -0.1) is 0 Å². The van der Waals surface area contributed by atoms with Crippen molar-refractivity contribution in [2.75, 3.05) is 49.5 Å². The molecule has 30 heavy (non-hydrogen) atoms. The molecule has 7 nitrogen and oxygen atoms in total. The standard InChI is InChI=1S/C23H24N6O/c24-17-18-3-1-4-19(15-18)22-7-8-25-23(27-22)26-20-5-2-6-21(16-20)29-11-9-28(10-12-29)13-14-30/h1-8,15-16,30H,9-14H2,(H,25,26,27). The zero-order valence-electron chi connectivity index (χ0n) is 16.7. The van der Waals surface area contributed by atoms with Crippen molar-refractivity contribution < 1.29 is 5.11 Å². The Morgan fingerprint density at radius 1 is 1.03 bits per heavy atom. The van der Waals surface area contributed by atoms with E-state index in [0.717, 1.165) is 55.4 Å². The molecule has 2 N–H and O–H groups in total. The third-order valence-electron chi connectivity index (χ3n) is 5.20. The molecule has 0 radical (unpaired) electrons. The Morgan fingerprint density at radius 3 is 2.67 bits per heavy atom. The van der Waals surface area contributed by atoms with Gasteiger partial charge in [0, 0.05) is 55.9 Å². The fourth-order valence-corrected chi connectivity index (χ4v) is 3.61. The Hall–Kier alpha value is -3.47. The summed E-state index contributed by atoms with van der Waals surface area (Å²) in [7, 11) is 0. The summed E-state index contributed by atoms with van der Waals surface area (Å²) in [4.78, 5) is 13.6. The van der Waals surface area contributed by atoms with Gasteiger partial charge in [-0.1, -0.05) is 18.2 Å². The molecule has 4 rings (SSSR count). The van der Waals surface area contributed by atoms with Gasteiger partial charge in [-0.3, -0.25) is 4.90 Å². The lowest BCUT2D eigenvalue weighted by Gasteiger charge is -2.35. The molecule has 0 spiro atoms. The van der Waals surface area contributed by atoms with E-state index in [-0.39, 0.29) is 6.61 Å². The molecule has 152 valence electrons. The molecule has 1 saturated heterocycles. The van der Waals surface area contributed by atoms with Gasteiger partial charge in [0.05, 0.1) is 23.9 Å². The van der Waals surface area contributed by atoms with Crippen LogP contribution in [0.1, 0.15) is 5.56 Å². The Labute approximate surface area is 176 Å². The van der Waals surface area contributed by atoms with Gasteiger partial charge in [-0.2, -0.15) is 5.26 Å². The first-order chi connectivity index (χ1) is 14.7. The molecule has 0 atom stereocenters. The quantitative estimate of drug-likeness (QED) is 0.658. The van der Waals surface area contributed by atoms with Crippen molar-refractivity contribution in [2.45, 2.75) is 0 Å². The highest BCUT2D eigenvalue weighted by Gasteiger charge is 2.17. The first kappa shape index (κ1) is 19.8. The lowest BCUT2D eigenvalue weighted by atomic mass is 10.1. The van der Waals surface area contributed by atoms with Crippen molar-refractivity contribution in [3.8, 4) is 17.3 Å². The van der Waals surface area contributed by atoms with Gasteiger partial charge in [-0.05, 0) is 36.4 Å². The van der Waals surface area contributed by atoms with Crippen LogP contribution >= 0.6 is 0 Å². The summed E-state index contributed by atoms with van der Waals surface area (Å²) in [5.74, 6) is 0.514. The van der Waals surface area contributed by atoms with Crippen LogP contribution in [0.25, 0.3) is 11.3 Å². The number of rotatable bonds is 6. The van der Waals surface area contributed by atoms with Gasteiger partial charge in [0.1, 0.15) is 0 Å². The maximum absolute atomic E-state index is 9.12. The molecule has 3 aromatic rings. The summed E-state index contributed by atoms with van der Waals surface area (Å²) in [6.07, 6.45) is 1.72. The molecule has 1 aliphatic heterocycles. The van der Waals surface area contributed by atoms with Crippen LogP contribution < -0.4 is 10.2 Å². The van der Waals surface area contributed by atoms with Gasteiger partial charge in [-0.25, -0.2) is 9.97 Å². The van der Waals surface area contributed by atoms with Crippen LogP contribution in [0.5, 0.6) is 0 Å². The predicted octanol–water partition coefficient (Wildman–Crippen LogP) is 2.87. The van der Waals surface area contributed by atoms with E-state index in [1.807, 2.05) is 36.4 Å². The zero-order valence-corrected chi connectivity index (χ0v) is 16.7. The number of nitrogens with zero attached hydrogens (tertiary/aromatic N) is 5. The molecule has 2 aromatic carbocycles. The predicted molar refractivity (Wildman–Crippen MR) is 118 cm³/mol. The summed E-state index contributed by atoms with van der Waals surface area (Å²) < 4.78 is 0. The SMILES string of the molecule is N#Cc1cccc(-c2ccnc(Nc3cccc(N4CCN(CCO)CC4)c3)n2)c1. The van der Waals surface area contributed by atoms with Crippen LogP contribution in [0, 0.1) is 11.3 Å². The number of nitrogens with one attached hydrogen (secondary N) is 1. The van der Waals surface area contributed by atoms with Crippen LogP contribution in [0.2, 0.25) is 0 Å². The van der Waals surface area contributed by atoms with Crippen molar-refractivity contribution in [1.29, 1.82) is 5.26 Å². The first-order valence-electron chi connectivity index (χ1n) is 10.0. The van der Waals surface area contributed by atoms with Crippen molar-refractivity contribution in [2.24, 2.45) is 0 Å². The van der Waals surface area contributed by atoms with E-state index in [0.29, 0.717) is 11.5 Å². The molecule has 1 aromatic heterocycles. The number of β-amino-alcohol motifs (C(OH)–C–C–N with tert-alkyl or cyclic N) is 1. The fraction of sp³-hybridized carbons (Fsp3) is 0.261. The minimum absolute atomic E-state index is 0.208. The number of aliphatic hydroxyl groups excluding tert-OH is 1. The number of benzene rings is 2. The number of nitriles is 1. The summed E-state index contributed by atoms with van der Waals surface area (Å²) in [6.45, 7) is 4.71. The second-order valence-electron chi connectivity index (χ2n) is 7.19. The lowest BCUT2D eigenvalue weighted by molar-refractivity contribution is 0.189. The Bertz CT molecular complexity index is 1040. The summed E-state index contributed by atoms with van der Waals surface area (Å²) in [5, 5.41) is 21.5. The first-order valence-corrected chi connectivity index (χ1v) is 10.0. The van der Waals surface area contributed by atoms with Gasteiger partial charge >= 0.3 is 0 Å². The topological polar surface area (TPSA) is 88.3 Å². The van der Waals surface area contributed by atoms with E-state index >= 15 is 0 Å². The van der Waals surface area contributed by atoms with Crippen LogP contribution in [0.4, 0.5) is 17.3 Å². The summed E-state index contributed by atoms with van der Waals surface area (Å²) >= 11 is 0. The molecule has 0 bridgehead atoms. The molecule has 0 amide bonds. The number of anilines is 3. The number of hydrogen-bond acceptors (Lipinski definition) is 7. The zero-order chi connectivity index (χ0) is 20.8. The smallest absolute Gasteiger partial charge is 0.227 e. The number of hydrogen-bond donors (Lipinski definition) is 2. The molecule has 0 unspecified atom stereocenters. The molecular formula is C23H24N6O. The van der Waals surface area contributed by atoms with Crippen LogP contribution in [0.15, 0.2) is 60.8 Å². The average molecular weight is 400 g/mol. The Morgan fingerprint density at radius 2 is 1.87 bits per heavy atom. The van der Waals surface area contributed by atoms with E-state index in [2.05, 4.69) is 43.3 Å². The summed E-state index contributed by atoms with van der Waals surface area (Å²) in [6, 6.07) is 19.6. The largest absolute Gasteiger partial charge is 0.395 e. The van der Waals surface area contributed by atoms with Crippen LogP contribution in [0.3, 0.4) is 0 Å². The van der Waals surface area contributed by atoms with Gasteiger partial charge in [0.15, 0.2) is 0 Å². The van der Waals surface area contributed by atoms with Crippen molar-refractivity contribution in [1.82, 2.24) is 14.9 Å². The second kappa shape index (κ2) is 9.35. The number of aliphatic hydroxyl groups is 1. The van der Waals surface area contributed by atoms with Crippen molar-refractivity contribution >= 4 is 17.3 Å². The molecule has 1 aliphatic rings. The fourth-order valence-electron chi connectivity index (χ4n) is 3.61. The van der Waals surface area contributed by atoms with E-state index in [1.165, 1.54) is 0 Å². The molecule has 1 fully saturated rings. The third-order valence-corrected chi connectivity index (χ3v) is 5.20. The second-order valence-corrected chi connectivity index (χ2v) is 7.19. The number of aromatic nitrogens is 2. The van der Waals surface area contributed by atoms with Crippen molar-refractivity contribution in [3.63, 3.8) is 0 Å². The average Bonchev–Trinajstić information content (AvgIpc) is 2.80. The highest BCUT2D eigenvalue weighted by molar-refractivity contribution is 5.65. The third kappa shape index (κ3) is 4.74. The summed E-state index contributed by atoms with van der Waals surface area (Å²) in [5.41, 5.74) is 4.33. The highest BCUT2D eigenvalue weighted by Crippen LogP contribution is 2.24. The van der Waals surface area contributed by atoms with E-state index < -0.39 is 0 Å². The molecular weight excluding hydrogens is 376 g/mol. The van der Waals surface area contributed by atoms with E-state index in [9.17, 15) is 0 Å². The van der Waals surface area contributed by atoms with Gasteiger partial charge in [0.25, 0.3) is 0 Å². The maximum Gasteiger partial charge on any atom is 0.227 e. The minimum Gasteiger partial charge on any atom is -0.395 e. The van der Waals surface area contributed by atoms with Crippen LogP contribution in [-0.4, -0.2) is 59.3 Å². The van der Waals surface area contributed by atoms with Crippen LogP contribution in [-0.2, 0) is 0 Å². The number of piperazine rings is 1. The van der Waals surface area contributed by atoms with E-state index in [1.54, 1.807) is 12.3 Å². The molecule has 0 saturated carbocycles. The maximum atomic E-state index is 9.12. The van der Waals surface area contributed by atoms with Gasteiger partial charge < -0.3 is 15.3 Å². The minimum atomic E-state index is 0.208. The lowest BCUT2D eigenvalue weighted by Crippen LogP contribution is -2.47. The Balaban J connectivity index is 1.48. The molecule has 2 heterocycles. The monoisotopic (exact) mass is 400 g/mol. The van der Waals surface area contributed by atoms with Crippen molar-refractivity contribution in [3.05, 3.63) is 66.4 Å². The van der Waals surface area contributed by atoms with E-state index in [4.69, 9.17) is 10.4 Å². The molecule has 0 aliphatic carbocycles. The van der Waals surface area contributed by atoms with Gasteiger partial charge in [0.2, 0.25) is 5.95 Å². The highest BCUT2D eigenvalue weighted by atomic mass is 16.3. The molecule has 7 heteroatoms. The normalized spacial score (nSPS) is 14.3.